The average molecular weight is 283 g/mol. The van der Waals surface area contributed by atoms with E-state index in [1.54, 1.807) is 0 Å². The van der Waals surface area contributed by atoms with Gasteiger partial charge in [0, 0.05) is 29.8 Å². The third kappa shape index (κ3) is 2.77. The molecule has 1 unspecified atom stereocenters. The summed E-state index contributed by atoms with van der Waals surface area (Å²) in [6, 6.07) is 6.62. The number of anilines is 1. The van der Waals surface area contributed by atoms with Crippen LogP contribution in [0, 0.1) is 12.8 Å². The van der Waals surface area contributed by atoms with Gasteiger partial charge in [0.2, 0.25) is 0 Å². The first-order chi connectivity index (χ1) is 7.66. The number of rotatable bonds is 1. The number of benzene rings is 1. The van der Waals surface area contributed by atoms with E-state index in [9.17, 15) is 0 Å². The van der Waals surface area contributed by atoms with Crippen LogP contribution in [0.15, 0.2) is 22.7 Å². The summed E-state index contributed by atoms with van der Waals surface area (Å²) in [5.74, 6) is 0.714. The summed E-state index contributed by atoms with van der Waals surface area (Å²) in [6.45, 7) is 8.91. The predicted molar refractivity (Wildman–Crippen MR) is 73.1 cm³/mol. The SMILES string of the molecule is Cc1cc(N2CCNCC(C)C2)ccc1Br. The Hall–Kier alpha value is -0.540. The lowest BCUT2D eigenvalue weighted by atomic mass is 10.1. The van der Waals surface area contributed by atoms with Crippen LogP contribution in [0.3, 0.4) is 0 Å². The zero-order valence-electron chi connectivity index (χ0n) is 9.96. The number of aryl methyl sites for hydroxylation is 1. The lowest BCUT2D eigenvalue weighted by Crippen LogP contribution is -2.29. The zero-order valence-corrected chi connectivity index (χ0v) is 11.5. The van der Waals surface area contributed by atoms with Crippen LogP contribution >= 0.6 is 15.9 Å². The van der Waals surface area contributed by atoms with E-state index in [1.807, 2.05) is 0 Å². The van der Waals surface area contributed by atoms with Gasteiger partial charge in [0.05, 0.1) is 0 Å². The van der Waals surface area contributed by atoms with Crippen LogP contribution in [-0.2, 0) is 0 Å². The number of nitrogens with one attached hydrogen (secondary N) is 1. The fourth-order valence-corrected chi connectivity index (χ4v) is 2.40. The molecule has 1 fully saturated rings. The second-order valence-electron chi connectivity index (χ2n) is 4.69. The van der Waals surface area contributed by atoms with Gasteiger partial charge in [-0.15, -0.1) is 0 Å². The first kappa shape index (κ1) is 11.9. The molecule has 0 radical (unpaired) electrons. The van der Waals surface area contributed by atoms with Gasteiger partial charge in [0.15, 0.2) is 0 Å². The summed E-state index contributed by atoms with van der Waals surface area (Å²) in [4.78, 5) is 2.48. The van der Waals surface area contributed by atoms with Gasteiger partial charge in [-0.3, -0.25) is 0 Å². The summed E-state index contributed by atoms with van der Waals surface area (Å²) >= 11 is 3.55. The number of nitrogens with zero attached hydrogens (tertiary/aromatic N) is 1. The highest BCUT2D eigenvalue weighted by atomic mass is 79.9. The summed E-state index contributed by atoms with van der Waals surface area (Å²) < 4.78 is 1.19. The van der Waals surface area contributed by atoms with Gasteiger partial charge in [0.25, 0.3) is 0 Å². The van der Waals surface area contributed by atoms with Crippen LogP contribution in [0.25, 0.3) is 0 Å². The van der Waals surface area contributed by atoms with E-state index in [4.69, 9.17) is 0 Å². The van der Waals surface area contributed by atoms with Crippen molar-refractivity contribution < 1.29 is 0 Å². The molecule has 0 spiro atoms. The van der Waals surface area contributed by atoms with Crippen molar-refractivity contribution in [2.24, 2.45) is 5.92 Å². The van der Waals surface area contributed by atoms with Crippen LogP contribution in [0.1, 0.15) is 12.5 Å². The van der Waals surface area contributed by atoms with Gasteiger partial charge in [0.1, 0.15) is 0 Å². The molecule has 1 aliphatic rings. The molecule has 0 aromatic heterocycles. The summed E-state index contributed by atoms with van der Waals surface area (Å²) in [5.41, 5.74) is 2.65. The molecule has 0 aliphatic carbocycles. The average Bonchev–Trinajstić information content (AvgIpc) is 2.47. The van der Waals surface area contributed by atoms with Crippen LogP contribution in [0.2, 0.25) is 0 Å². The van der Waals surface area contributed by atoms with Gasteiger partial charge in [-0.2, -0.15) is 0 Å². The third-order valence-corrected chi connectivity index (χ3v) is 3.98. The Bertz CT molecular complexity index is 365. The molecule has 1 atom stereocenters. The molecule has 0 amide bonds. The summed E-state index contributed by atoms with van der Waals surface area (Å²) in [7, 11) is 0. The highest BCUT2D eigenvalue weighted by Crippen LogP contribution is 2.23. The normalized spacial score (nSPS) is 21.9. The third-order valence-electron chi connectivity index (χ3n) is 3.09. The molecule has 88 valence electrons. The van der Waals surface area contributed by atoms with Crippen LogP contribution in [0.5, 0.6) is 0 Å². The lowest BCUT2D eigenvalue weighted by molar-refractivity contribution is 0.564. The highest BCUT2D eigenvalue weighted by Gasteiger charge is 2.14. The minimum atomic E-state index is 0.714. The second-order valence-corrected chi connectivity index (χ2v) is 5.54. The predicted octanol–water partition coefficient (Wildman–Crippen LogP) is 2.80. The Kier molecular flexibility index (Phi) is 3.87. The Morgan fingerprint density at radius 3 is 3.00 bits per heavy atom. The Labute approximate surface area is 106 Å². The molecule has 16 heavy (non-hydrogen) atoms. The second kappa shape index (κ2) is 5.19. The molecule has 3 heteroatoms. The maximum atomic E-state index is 3.55. The van der Waals surface area contributed by atoms with Crippen molar-refractivity contribution in [3.63, 3.8) is 0 Å². The molecule has 1 aliphatic heterocycles. The van der Waals surface area contributed by atoms with E-state index in [2.05, 4.69) is 58.2 Å². The molecule has 1 saturated heterocycles. The summed E-state index contributed by atoms with van der Waals surface area (Å²) in [5, 5.41) is 3.47. The number of hydrogen-bond donors (Lipinski definition) is 1. The van der Waals surface area contributed by atoms with E-state index < -0.39 is 0 Å². The molecule has 1 aromatic carbocycles. The molecular weight excluding hydrogens is 264 g/mol. The topological polar surface area (TPSA) is 15.3 Å². The van der Waals surface area contributed by atoms with Gasteiger partial charge in [-0.25, -0.2) is 0 Å². The fourth-order valence-electron chi connectivity index (χ4n) is 2.15. The van der Waals surface area contributed by atoms with Crippen LogP contribution in [-0.4, -0.2) is 26.2 Å². The lowest BCUT2D eigenvalue weighted by Gasteiger charge is -2.25. The molecule has 0 saturated carbocycles. The first-order valence-corrected chi connectivity index (χ1v) is 6.68. The van der Waals surface area contributed by atoms with Gasteiger partial charge >= 0.3 is 0 Å². The Balaban J connectivity index is 2.18. The number of hydrogen-bond acceptors (Lipinski definition) is 2. The van der Waals surface area contributed by atoms with Gasteiger partial charge in [-0.05, 0) is 43.1 Å². The highest BCUT2D eigenvalue weighted by molar-refractivity contribution is 9.10. The fraction of sp³-hybridized carbons (Fsp3) is 0.538. The Morgan fingerprint density at radius 2 is 2.25 bits per heavy atom. The van der Waals surface area contributed by atoms with Crippen LogP contribution < -0.4 is 10.2 Å². The van der Waals surface area contributed by atoms with E-state index >= 15 is 0 Å². The van der Waals surface area contributed by atoms with Gasteiger partial charge < -0.3 is 10.2 Å². The van der Waals surface area contributed by atoms with Crippen molar-refractivity contribution in [2.75, 3.05) is 31.1 Å². The maximum absolute atomic E-state index is 3.55. The molecule has 1 heterocycles. The van der Waals surface area contributed by atoms with Gasteiger partial charge in [-0.1, -0.05) is 22.9 Å². The van der Waals surface area contributed by atoms with Crippen LogP contribution in [0.4, 0.5) is 5.69 Å². The zero-order chi connectivity index (χ0) is 11.5. The molecule has 1 N–H and O–H groups in total. The first-order valence-electron chi connectivity index (χ1n) is 5.88. The molecule has 1 aromatic rings. The number of halogens is 1. The van der Waals surface area contributed by atoms with Crippen molar-refractivity contribution in [2.45, 2.75) is 13.8 Å². The van der Waals surface area contributed by atoms with E-state index in [-0.39, 0.29) is 0 Å². The van der Waals surface area contributed by atoms with E-state index in [0.29, 0.717) is 5.92 Å². The van der Waals surface area contributed by atoms with Crippen molar-refractivity contribution in [1.29, 1.82) is 0 Å². The van der Waals surface area contributed by atoms with E-state index in [0.717, 1.165) is 26.2 Å². The molecule has 0 bridgehead atoms. The molecule has 2 rings (SSSR count). The van der Waals surface area contributed by atoms with Crippen molar-refractivity contribution in [3.8, 4) is 0 Å². The smallest absolute Gasteiger partial charge is 0.0370 e. The molecule has 2 nitrogen and oxygen atoms in total. The Morgan fingerprint density at radius 1 is 1.44 bits per heavy atom. The standard InChI is InChI=1S/C13H19BrN2/c1-10-8-15-5-6-16(9-10)12-3-4-13(14)11(2)7-12/h3-4,7,10,15H,5-6,8-9H2,1-2H3. The van der Waals surface area contributed by atoms with Crippen molar-refractivity contribution in [3.05, 3.63) is 28.2 Å². The molecular formula is C13H19BrN2. The monoisotopic (exact) mass is 282 g/mol. The van der Waals surface area contributed by atoms with E-state index in [1.165, 1.54) is 15.7 Å². The van der Waals surface area contributed by atoms with Crippen molar-refractivity contribution >= 4 is 21.6 Å². The minimum absolute atomic E-state index is 0.714. The quantitative estimate of drug-likeness (QED) is 0.852. The maximum Gasteiger partial charge on any atom is 0.0370 e. The minimum Gasteiger partial charge on any atom is -0.370 e. The van der Waals surface area contributed by atoms with Crippen molar-refractivity contribution in [1.82, 2.24) is 5.32 Å². The largest absolute Gasteiger partial charge is 0.370 e. The summed E-state index contributed by atoms with van der Waals surface area (Å²) in [6.07, 6.45) is 0.